The van der Waals surface area contributed by atoms with E-state index < -0.39 is 17.3 Å². The largest absolute Gasteiger partial charge is 0.444 e. The highest BCUT2D eigenvalue weighted by atomic mass is 35.5. The molecule has 0 unspecified atom stereocenters. The lowest BCUT2D eigenvalue weighted by Gasteiger charge is -2.36. The highest BCUT2D eigenvalue weighted by molar-refractivity contribution is 6.33. The van der Waals surface area contributed by atoms with Crippen LogP contribution in [0.1, 0.15) is 47.1 Å². The summed E-state index contributed by atoms with van der Waals surface area (Å²) in [5.41, 5.74) is 2.43. The van der Waals surface area contributed by atoms with E-state index in [1.165, 1.54) is 0 Å². The zero-order chi connectivity index (χ0) is 29.2. The molecule has 0 radical (unpaired) electrons. The van der Waals surface area contributed by atoms with Crippen LogP contribution in [-0.4, -0.2) is 59.5 Å². The summed E-state index contributed by atoms with van der Waals surface area (Å²) in [4.78, 5) is 33.1. The second-order valence-electron chi connectivity index (χ2n) is 11.9. The monoisotopic (exact) mass is 586 g/mol. The van der Waals surface area contributed by atoms with Crippen molar-refractivity contribution in [2.24, 2.45) is 0 Å². The molecule has 0 saturated carbocycles. The predicted octanol–water partition coefficient (Wildman–Crippen LogP) is 7.29. The highest BCUT2D eigenvalue weighted by Crippen LogP contribution is 2.32. The van der Waals surface area contributed by atoms with Crippen molar-refractivity contribution in [3.63, 3.8) is 0 Å². The molecule has 3 aromatic rings. The van der Waals surface area contributed by atoms with Gasteiger partial charge in [-0.2, -0.15) is 0 Å². The van der Waals surface area contributed by atoms with Gasteiger partial charge in [0.2, 0.25) is 0 Å². The van der Waals surface area contributed by atoms with Crippen molar-refractivity contribution in [2.45, 2.75) is 59.3 Å². The summed E-state index contributed by atoms with van der Waals surface area (Å²) in [5.74, 6) is 0.698. The number of hydrogen-bond donors (Lipinski definition) is 1. The molecule has 2 aromatic carbocycles. The van der Waals surface area contributed by atoms with Crippen molar-refractivity contribution in [1.82, 2.24) is 15.2 Å². The topological polar surface area (TPSA) is 84.0 Å². The molecule has 1 fully saturated rings. The van der Waals surface area contributed by atoms with E-state index in [9.17, 15) is 9.59 Å². The van der Waals surface area contributed by atoms with Crippen LogP contribution in [0, 0.1) is 0 Å². The molecular formula is C30H36Cl2N4O4. The SMILES string of the molecule is CC(C)(C)OC(=O)NCc1cc(Cl)cc(-c2ccc3nc(N4CCN(C(=O)OC(C)(C)C)CC4)c(Cl)cc3c2)c1. The Morgan fingerprint density at radius 3 is 2.20 bits per heavy atom. The Kier molecular flexibility index (Phi) is 8.71. The van der Waals surface area contributed by atoms with Gasteiger partial charge in [0, 0.05) is 43.1 Å². The number of halogens is 2. The lowest BCUT2D eigenvalue weighted by molar-refractivity contribution is 0.0240. The number of piperazine rings is 1. The number of anilines is 1. The standard InChI is InChI=1S/C30H36Cl2N4O4/c1-29(2,3)39-27(37)33-18-19-13-21(16-23(31)14-19)20-7-8-25-22(15-20)17-24(32)26(34-25)35-9-11-36(12-10-35)28(38)40-30(4,5)6/h7-8,13-17H,9-12,18H2,1-6H3,(H,33,37). The van der Waals surface area contributed by atoms with Crippen LogP contribution in [0.15, 0.2) is 42.5 Å². The molecule has 1 saturated heterocycles. The number of nitrogens with one attached hydrogen (secondary N) is 1. The van der Waals surface area contributed by atoms with Crippen molar-refractivity contribution in [3.8, 4) is 11.1 Å². The number of nitrogens with zero attached hydrogens (tertiary/aromatic N) is 3. The highest BCUT2D eigenvalue weighted by Gasteiger charge is 2.27. The molecule has 2 amide bonds. The first kappa shape index (κ1) is 29.7. The van der Waals surface area contributed by atoms with Gasteiger partial charge in [-0.05, 0) is 94.6 Å². The fourth-order valence-electron chi connectivity index (χ4n) is 4.38. The van der Waals surface area contributed by atoms with Crippen LogP contribution in [0.25, 0.3) is 22.0 Å². The number of rotatable bonds is 4. The van der Waals surface area contributed by atoms with E-state index in [-0.39, 0.29) is 12.6 Å². The number of benzene rings is 2. The summed E-state index contributed by atoms with van der Waals surface area (Å²) in [7, 11) is 0. The van der Waals surface area contributed by atoms with Crippen LogP contribution in [0.2, 0.25) is 10.0 Å². The van der Waals surface area contributed by atoms with Crippen molar-refractivity contribution in [3.05, 3.63) is 58.1 Å². The van der Waals surface area contributed by atoms with Crippen molar-refractivity contribution < 1.29 is 19.1 Å². The van der Waals surface area contributed by atoms with Gasteiger partial charge in [-0.1, -0.05) is 29.3 Å². The number of carbonyl (C=O) groups is 2. The molecule has 4 rings (SSSR count). The summed E-state index contributed by atoms with van der Waals surface area (Å²) in [6.45, 7) is 13.6. The van der Waals surface area contributed by atoms with E-state index in [2.05, 4.69) is 10.2 Å². The predicted molar refractivity (Wildman–Crippen MR) is 160 cm³/mol. The quantitative estimate of drug-likeness (QED) is 0.345. The van der Waals surface area contributed by atoms with Gasteiger partial charge in [0.05, 0.1) is 10.5 Å². The van der Waals surface area contributed by atoms with Crippen LogP contribution in [-0.2, 0) is 16.0 Å². The number of pyridine rings is 1. The molecule has 40 heavy (non-hydrogen) atoms. The second-order valence-corrected chi connectivity index (χ2v) is 12.7. The van der Waals surface area contributed by atoms with E-state index in [1.807, 2.05) is 84.0 Å². The van der Waals surface area contributed by atoms with Gasteiger partial charge in [0.15, 0.2) is 0 Å². The molecule has 214 valence electrons. The molecule has 1 N–H and O–H groups in total. The van der Waals surface area contributed by atoms with Crippen LogP contribution in [0.3, 0.4) is 0 Å². The summed E-state index contributed by atoms with van der Waals surface area (Å²) in [6.07, 6.45) is -0.787. The van der Waals surface area contributed by atoms with E-state index in [0.29, 0.717) is 42.0 Å². The van der Waals surface area contributed by atoms with Crippen molar-refractivity contribution in [2.75, 3.05) is 31.1 Å². The summed E-state index contributed by atoms with van der Waals surface area (Å²) >= 11 is 13.1. The fourth-order valence-corrected chi connectivity index (χ4v) is 4.91. The van der Waals surface area contributed by atoms with Gasteiger partial charge >= 0.3 is 12.2 Å². The van der Waals surface area contributed by atoms with E-state index >= 15 is 0 Å². The van der Waals surface area contributed by atoms with E-state index in [1.54, 1.807) is 4.90 Å². The summed E-state index contributed by atoms with van der Waals surface area (Å²) in [6, 6.07) is 13.6. The average Bonchev–Trinajstić information content (AvgIpc) is 2.84. The minimum absolute atomic E-state index is 0.286. The number of alkyl carbamates (subject to hydrolysis) is 1. The third kappa shape index (κ3) is 7.92. The maximum absolute atomic E-state index is 12.4. The van der Waals surface area contributed by atoms with Crippen molar-refractivity contribution in [1.29, 1.82) is 0 Å². The zero-order valence-electron chi connectivity index (χ0n) is 23.8. The number of carbonyl (C=O) groups excluding carboxylic acids is 2. The first-order chi connectivity index (χ1) is 18.7. The summed E-state index contributed by atoms with van der Waals surface area (Å²) < 4.78 is 10.8. The average molecular weight is 588 g/mol. The number of aromatic nitrogens is 1. The Balaban J connectivity index is 1.48. The van der Waals surface area contributed by atoms with Crippen LogP contribution in [0.4, 0.5) is 15.4 Å². The summed E-state index contributed by atoms with van der Waals surface area (Å²) in [5, 5.41) is 4.78. The molecule has 1 aliphatic rings. The Morgan fingerprint density at radius 1 is 0.875 bits per heavy atom. The third-order valence-corrected chi connectivity index (χ3v) is 6.60. The molecule has 0 aliphatic carbocycles. The molecule has 1 aromatic heterocycles. The Labute approximate surface area is 245 Å². The fraction of sp³-hybridized carbons (Fsp3) is 0.433. The van der Waals surface area contributed by atoms with E-state index in [4.69, 9.17) is 37.7 Å². The molecule has 0 atom stereocenters. The number of amides is 2. The number of ether oxygens (including phenoxy) is 2. The Hall–Kier alpha value is -3.23. The maximum atomic E-state index is 12.4. The van der Waals surface area contributed by atoms with Crippen molar-refractivity contribution >= 4 is 52.1 Å². The van der Waals surface area contributed by atoms with Crippen LogP contribution < -0.4 is 10.2 Å². The second kappa shape index (κ2) is 11.7. The van der Waals surface area contributed by atoms with Gasteiger partial charge in [-0.3, -0.25) is 0 Å². The Bertz CT molecular complexity index is 1410. The number of fused-ring (bicyclic) bond motifs is 1. The van der Waals surface area contributed by atoms with Gasteiger partial charge < -0.3 is 24.6 Å². The van der Waals surface area contributed by atoms with Gasteiger partial charge in [-0.25, -0.2) is 14.6 Å². The smallest absolute Gasteiger partial charge is 0.410 e. The molecule has 10 heteroatoms. The number of hydrogen-bond acceptors (Lipinski definition) is 6. The van der Waals surface area contributed by atoms with Crippen LogP contribution in [0.5, 0.6) is 0 Å². The molecule has 0 spiro atoms. The first-order valence-corrected chi connectivity index (χ1v) is 14.0. The maximum Gasteiger partial charge on any atom is 0.410 e. The molecule has 0 bridgehead atoms. The normalized spacial score (nSPS) is 14.3. The lowest BCUT2D eigenvalue weighted by Crippen LogP contribution is -2.50. The minimum Gasteiger partial charge on any atom is -0.444 e. The Morgan fingerprint density at radius 2 is 1.55 bits per heavy atom. The molecule has 1 aliphatic heterocycles. The lowest BCUT2D eigenvalue weighted by atomic mass is 10.0. The minimum atomic E-state index is -0.571. The third-order valence-electron chi connectivity index (χ3n) is 6.11. The first-order valence-electron chi connectivity index (χ1n) is 13.3. The van der Waals surface area contributed by atoms with E-state index in [0.717, 1.165) is 27.6 Å². The van der Waals surface area contributed by atoms with Crippen LogP contribution >= 0.6 is 23.2 Å². The van der Waals surface area contributed by atoms with Gasteiger partial charge in [0.1, 0.15) is 17.0 Å². The van der Waals surface area contributed by atoms with Gasteiger partial charge in [0.25, 0.3) is 0 Å². The molecule has 2 heterocycles. The molecular weight excluding hydrogens is 551 g/mol. The van der Waals surface area contributed by atoms with Gasteiger partial charge in [-0.15, -0.1) is 0 Å². The zero-order valence-corrected chi connectivity index (χ0v) is 25.3. The molecule has 8 nitrogen and oxygen atoms in total.